The van der Waals surface area contributed by atoms with Crippen molar-refractivity contribution in [3.63, 3.8) is 0 Å². The van der Waals surface area contributed by atoms with E-state index in [-0.39, 0.29) is 41.8 Å². The van der Waals surface area contributed by atoms with Gasteiger partial charge in [-0.3, -0.25) is 14.4 Å². The first-order valence-electron chi connectivity index (χ1n) is 9.39. The van der Waals surface area contributed by atoms with Gasteiger partial charge in [-0.2, -0.15) is 0 Å². The van der Waals surface area contributed by atoms with Crippen molar-refractivity contribution in [1.29, 1.82) is 0 Å². The monoisotopic (exact) mass is 338 g/mol. The molecule has 0 amide bonds. The van der Waals surface area contributed by atoms with Crippen LogP contribution in [0.15, 0.2) is 0 Å². The second-order valence-corrected chi connectivity index (χ2v) is 7.19. The van der Waals surface area contributed by atoms with Gasteiger partial charge in [0.05, 0.1) is 6.42 Å². The van der Waals surface area contributed by atoms with Crippen molar-refractivity contribution in [3.05, 3.63) is 0 Å². The molecule has 5 nitrogen and oxygen atoms in total. The Kier molecular flexibility index (Phi) is 7.25. The van der Waals surface area contributed by atoms with E-state index in [1.54, 1.807) is 0 Å². The fourth-order valence-electron chi connectivity index (χ4n) is 4.08. The lowest BCUT2D eigenvalue weighted by Crippen LogP contribution is -2.25. The zero-order valence-electron chi connectivity index (χ0n) is 14.9. The molecule has 0 radical (unpaired) electrons. The van der Waals surface area contributed by atoms with Crippen LogP contribution in [0.25, 0.3) is 0 Å². The molecule has 0 bridgehead atoms. The third-order valence-corrected chi connectivity index (χ3v) is 5.29. The van der Waals surface area contributed by atoms with Crippen molar-refractivity contribution in [2.45, 2.75) is 90.3 Å². The first-order valence-corrected chi connectivity index (χ1v) is 9.39. The van der Waals surface area contributed by atoms with Crippen molar-refractivity contribution >= 4 is 17.7 Å². The van der Waals surface area contributed by atoms with E-state index >= 15 is 0 Å². The summed E-state index contributed by atoms with van der Waals surface area (Å²) in [6.45, 7) is 3.58. The van der Waals surface area contributed by atoms with Crippen LogP contribution < -0.4 is 0 Å². The predicted molar refractivity (Wildman–Crippen MR) is 89.3 cm³/mol. The van der Waals surface area contributed by atoms with Crippen molar-refractivity contribution in [2.75, 3.05) is 0 Å². The SMILES string of the molecule is CCCCCCCC(=O)CCC1C(OC(C)=O)CC2OC(=O)CC21. The lowest BCUT2D eigenvalue weighted by atomic mass is 9.87. The van der Waals surface area contributed by atoms with Crippen molar-refractivity contribution in [1.82, 2.24) is 0 Å². The number of hydrogen-bond acceptors (Lipinski definition) is 5. The molecule has 0 spiro atoms. The Morgan fingerprint density at radius 2 is 1.92 bits per heavy atom. The molecule has 2 aliphatic rings. The zero-order chi connectivity index (χ0) is 17.5. The van der Waals surface area contributed by atoms with Crippen LogP contribution in [0.5, 0.6) is 0 Å². The number of unbranched alkanes of at least 4 members (excludes halogenated alkanes) is 4. The van der Waals surface area contributed by atoms with Crippen LogP contribution in [0.1, 0.15) is 78.1 Å². The number of hydrogen-bond donors (Lipinski definition) is 0. The van der Waals surface area contributed by atoms with Crippen LogP contribution in [0.4, 0.5) is 0 Å². The summed E-state index contributed by atoms with van der Waals surface area (Å²) in [5.41, 5.74) is 0. The standard InChI is InChI=1S/C19H30O5/c1-3-4-5-6-7-8-14(21)9-10-15-16-11-19(22)24-18(16)12-17(15)23-13(2)20/h15-18H,3-12H2,1-2H3. The Hall–Kier alpha value is -1.39. The molecule has 1 saturated heterocycles. The van der Waals surface area contributed by atoms with Gasteiger partial charge in [-0.1, -0.05) is 32.6 Å². The maximum atomic E-state index is 12.1. The van der Waals surface area contributed by atoms with Gasteiger partial charge in [-0.15, -0.1) is 0 Å². The highest BCUT2D eigenvalue weighted by molar-refractivity contribution is 5.78. The molecule has 1 heterocycles. The van der Waals surface area contributed by atoms with Crippen LogP contribution in [-0.4, -0.2) is 29.9 Å². The van der Waals surface area contributed by atoms with Gasteiger partial charge in [-0.05, 0) is 12.8 Å². The van der Waals surface area contributed by atoms with Crippen LogP contribution in [0.2, 0.25) is 0 Å². The first-order chi connectivity index (χ1) is 11.5. The summed E-state index contributed by atoms with van der Waals surface area (Å²) < 4.78 is 10.7. The number of fused-ring (bicyclic) bond motifs is 1. The summed E-state index contributed by atoms with van der Waals surface area (Å²) in [4.78, 5) is 34.9. The number of ether oxygens (including phenoxy) is 2. The molecule has 136 valence electrons. The van der Waals surface area contributed by atoms with Gasteiger partial charge in [0.25, 0.3) is 0 Å². The molecule has 4 unspecified atom stereocenters. The summed E-state index contributed by atoms with van der Waals surface area (Å²) in [6, 6.07) is 0. The van der Waals surface area contributed by atoms with Crippen LogP contribution in [0, 0.1) is 11.8 Å². The van der Waals surface area contributed by atoms with Gasteiger partial charge in [0.15, 0.2) is 0 Å². The van der Waals surface area contributed by atoms with E-state index in [1.165, 1.54) is 26.2 Å². The summed E-state index contributed by atoms with van der Waals surface area (Å²) in [5.74, 6) is -0.0348. The minimum Gasteiger partial charge on any atom is -0.462 e. The average Bonchev–Trinajstić information content (AvgIpc) is 3.00. The molecule has 1 saturated carbocycles. The number of ketones is 1. The van der Waals surface area contributed by atoms with E-state index in [0.717, 1.165) is 12.8 Å². The molecule has 24 heavy (non-hydrogen) atoms. The summed E-state index contributed by atoms with van der Waals surface area (Å²) in [5, 5.41) is 0. The maximum Gasteiger partial charge on any atom is 0.306 e. The molecule has 1 aliphatic carbocycles. The Morgan fingerprint density at radius 1 is 1.17 bits per heavy atom. The second-order valence-electron chi connectivity index (χ2n) is 7.19. The topological polar surface area (TPSA) is 69.7 Å². The molecule has 0 aromatic rings. The summed E-state index contributed by atoms with van der Waals surface area (Å²) >= 11 is 0. The van der Waals surface area contributed by atoms with E-state index < -0.39 is 0 Å². The molecular formula is C19H30O5. The Morgan fingerprint density at radius 3 is 2.62 bits per heavy atom. The van der Waals surface area contributed by atoms with Crippen molar-refractivity contribution in [2.24, 2.45) is 11.8 Å². The number of esters is 2. The smallest absolute Gasteiger partial charge is 0.306 e. The first kappa shape index (κ1) is 18.9. The summed E-state index contributed by atoms with van der Waals surface area (Å²) in [6.07, 6.45) is 8.15. The molecule has 2 fully saturated rings. The molecular weight excluding hydrogens is 308 g/mol. The van der Waals surface area contributed by atoms with Crippen molar-refractivity contribution in [3.8, 4) is 0 Å². The molecule has 0 N–H and O–H groups in total. The van der Waals surface area contributed by atoms with E-state index in [2.05, 4.69) is 6.92 Å². The minimum absolute atomic E-state index is 0.0643. The van der Waals surface area contributed by atoms with Crippen LogP contribution >= 0.6 is 0 Å². The third-order valence-electron chi connectivity index (χ3n) is 5.29. The second kappa shape index (κ2) is 9.19. The molecule has 1 aliphatic heterocycles. The van der Waals surface area contributed by atoms with Gasteiger partial charge in [0, 0.05) is 38.0 Å². The van der Waals surface area contributed by atoms with Crippen LogP contribution in [0.3, 0.4) is 0 Å². The average molecular weight is 338 g/mol. The fourth-order valence-corrected chi connectivity index (χ4v) is 4.08. The molecule has 5 heteroatoms. The highest BCUT2D eigenvalue weighted by Crippen LogP contribution is 2.44. The Balaban J connectivity index is 1.78. The molecule has 2 rings (SSSR count). The highest BCUT2D eigenvalue weighted by Gasteiger charge is 2.51. The van der Waals surface area contributed by atoms with E-state index in [1.807, 2.05) is 0 Å². The number of Topliss-reactive ketones (excluding diaryl/α,β-unsaturated/α-hetero) is 1. The van der Waals surface area contributed by atoms with Gasteiger partial charge in [0.2, 0.25) is 0 Å². The van der Waals surface area contributed by atoms with Gasteiger partial charge in [0.1, 0.15) is 18.0 Å². The predicted octanol–water partition coefficient (Wildman–Crippen LogP) is 3.58. The van der Waals surface area contributed by atoms with Crippen molar-refractivity contribution < 1.29 is 23.9 Å². The quantitative estimate of drug-likeness (QED) is 0.450. The van der Waals surface area contributed by atoms with Gasteiger partial charge < -0.3 is 9.47 Å². The van der Waals surface area contributed by atoms with E-state index in [4.69, 9.17) is 9.47 Å². The normalized spacial score (nSPS) is 28.5. The maximum absolute atomic E-state index is 12.1. The lowest BCUT2D eigenvalue weighted by Gasteiger charge is -2.22. The number of carbonyl (C=O) groups is 3. The lowest BCUT2D eigenvalue weighted by molar-refractivity contribution is -0.149. The largest absolute Gasteiger partial charge is 0.462 e. The highest BCUT2D eigenvalue weighted by atomic mass is 16.6. The number of rotatable bonds is 10. The minimum atomic E-state index is -0.307. The van der Waals surface area contributed by atoms with E-state index in [9.17, 15) is 14.4 Å². The summed E-state index contributed by atoms with van der Waals surface area (Å²) in [7, 11) is 0. The van der Waals surface area contributed by atoms with Gasteiger partial charge in [-0.25, -0.2) is 0 Å². The Bertz CT molecular complexity index is 459. The third kappa shape index (κ3) is 5.32. The van der Waals surface area contributed by atoms with Gasteiger partial charge >= 0.3 is 11.9 Å². The van der Waals surface area contributed by atoms with E-state index in [0.29, 0.717) is 32.1 Å². The molecule has 0 aromatic carbocycles. The van der Waals surface area contributed by atoms with Crippen LogP contribution in [-0.2, 0) is 23.9 Å². The number of carbonyl (C=O) groups excluding carboxylic acids is 3. The molecule has 4 atom stereocenters. The Labute approximate surface area is 144 Å². The molecule has 0 aromatic heterocycles. The fraction of sp³-hybridized carbons (Fsp3) is 0.842. The zero-order valence-corrected chi connectivity index (χ0v) is 14.9.